The van der Waals surface area contributed by atoms with Crippen molar-refractivity contribution in [1.29, 1.82) is 0 Å². The van der Waals surface area contributed by atoms with E-state index in [-0.39, 0.29) is 142 Å². The Labute approximate surface area is 786 Å². The standard InChI is InChI=1S/C34H22N2O2.C30H18N2O2.C22H14N2O2.C18H10N6O2.4Pt/c37-33-23-13-7-15-25(33)31(21-9-3-1-4-10-21)29-19-17-27(35-29)24-14-8-16-26(34(24)38)32(22-11-5-2-6-12-22)30-20-18-28(23)36-30;33-29-17-7-5-14-24(29)28-22-12-4-2-10-20(22)26(32-28)16-18-8-6-13-23(30(18)34)27-21-11-3-1-9-19(21)25(15-17)31-27;25-21-13-3-1-5-17(21)19-9-7-16(23-19)12-14-4-2-6-18(22(14)26)20-10-8-15(11-13)24-20;25-15-9-3-1-5-11(15)21-17-20-8-14(24-17)10-4-2-6-12(16(10)26)22-18-19-7-13(9)23-18;;;;/h1-20,37-38H;1-16,33-34H;1-12,25-26H;1-8,25-26H;;;;. The second kappa shape index (κ2) is 35.7. The molecule has 0 fully saturated rings. The van der Waals surface area contributed by atoms with E-state index in [2.05, 4.69) is 39.9 Å². The molecule has 0 amide bonds. The number of fused-ring (bicyclic) bond motifs is 46. The van der Waals surface area contributed by atoms with Crippen LogP contribution in [0, 0.1) is 0 Å². The van der Waals surface area contributed by atoms with Gasteiger partial charge in [0.05, 0.1) is 92.1 Å². The monoisotopic (exact) mass is 2390 g/mol. The van der Waals surface area contributed by atoms with E-state index < -0.39 is 0 Å². The average Bonchev–Trinajstić information content (AvgIpc) is 1.66. The molecule has 16 aromatic rings. The zero-order valence-electron chi connectivity index (χ0n) is 66.5. The molecule has 0 spiro atoms. The van der Waals surface area contributed by atoms with Gasteiger partial charge in [-0.3, -0.25) is 0 Å². The molecule has 0 unspecified atom stereocenters. The Bertz CT molecular complexity index is 7470. The van der Waals surface area contributed by atoms with Gasteiger partial charge in [0.2, 0.25) is 0 Å². The molecule has 32 bridgehead atoms. The van der Waals surface area contributed by atoms with Crippen molar-refractivity contribution in [3.63, 3.8) is 0 Å². The number of benzene rings is 12. The second-order valence-electron chi connectivity index (χ2n) is 29.8. The van der Waals surface area contributed by atoms with Crippen LogP contribution in [0.4, 0.5) is 11.9 Å². The average molecular weight is 2390 g/mol. The molecular weight excluding hydrogens is 2330 g/mol. The number of aliphatic imine (C=N–C) groups is 2. The molecule has 628 valence electrons. The van der Waals surface area contributed by atoms with Crippen molar-refractivity contribution >= 4 is 159 Å². The van der Waals surface area contributed by atoms with Gasteiger partial charge in [0, 0.05) is 193 Å². The molecule has 0 radical (unpaired) electrons. The van der Waals surface area contributed by atoms with Gasteiger partial charge in [-0.05, 0) is 145 Å². The molecular formula is C104H64N12O8Pt4. The number of aromatic hydroxyl groups is 8. The zero-order chi connectivity index (χ0) is 83.8. The number of para-hydroxylation sites is 8. The molecule has 0 saturated heterocycles. The van der Waals surface area contributed by atoms with Gasteiger partial charge in [-0.15, -0.1) is 0 Å². The number of aromatic nitrogens is 10. The molecule has 12 aromatic carbocycles. The van der Waals surface area contributed by atoms with E-state index in [0.29, 0.717) is 143 Å². The van der Waals surface area contributed by atoms with E-state index in [9.17, 15) is 40.9 Å². The van der Waals surface area contributed by atoms with Crippen molar-refractivity contribution in [2.24, 2.45) is 9.98 Å². The molecule has 4 aromatic heterocycles. The molecule has 8 aliphatic heterocycles. The Balaban J connectivity index is 0.000000120. The predicted octanol–water partition coefficient (Wildman–Crippen LogP) is 23.0. The first-order valence-corrected chi connectivity index (χ1v) is 39.7. The third-order valence-electron chi connectivity index (χ3n) is 22.4. The molecule has 24 heteroatoms. The van der Waals surface area contributed by atoms with Crippen molar-refractivity contribution in [2.45, 2.75) is 0 Å². The first-order valence-electron chi connectivity index (χ1n) is 39.7. The molecule has 0 atom stereocenters. The van der Waals surface area contributed by atoms with Crippen LogP contribution in [0.2, 0.25) is 0 Å². The fourth-order valence-electron chi connectivity index (χ4n) is 16.4. The van der Waals surface area contributed by atoms with Gasteiger partial charge in [0.25, 0.3) is 11.9 Å². The van der Waals surface area contributed by atoms with Gasteiger partial charge in [0.1, 0.15) is 45.5 Å². The van der Waals surface area contributed by atoms with E-state index >= 15 is 0 Å². The van der Waals surface area contributed by atoms with Gasteiger partial charge in [-0.25, -0.2) is 59.8 Å². The molecule has 8 N–H and O–H groups in total. The van der Waals surface area contributed by atoms with E-state index in [0.717, 1.165) is 67.3 Å². The van der Waals surface area contributed by atoms with Gasteiger partial charge < -0.3 is 40.9 Å². The summed E-state index contributed by atoms with van der Waals surface area (Å²) >= 11 is 0. The fraction of sp³-hybridized carbons (Fsp3) is 0. The first-order chi connectivity index (χ1) is 60.7. The number of hydrogen-bond donors (Lipinski definition) is 8. The third kappa shape index (κ3) is 15.7. The summed E-state index contributed by atoms with van der Waals surface area (Å²) in [6, 6.07) is 87.5. The molecule has 0 aliphatic carbocycles. The van der Waals surface area contributed by atoms with Gasteiger partial charge in [0.15, 0.2) is 11.5 Å². The minimum absolute atomic E-state index is 0. The summed E-state index contributed by atoms with van der Waals surface area (Å²) in [5.74, 6) is 1.29. The van der Waals surface area contributed by atoms with E-state index in [4.69, 9.17) is 19.9 Å². The smallest absolute Gasteiger partial charge is 0.250 e. The van der Waals surface area contributed by atoms with Gasteiger partial charge >= 0.3 is 0 Å². The van der Waals surface area contributed by atoms with Crippen LogP contribution < -0.4 is 0 Å². The topological polar surface area (TPSA) is 315 Å². The summed E-state index contributed by atoms with van der Waals surface area (Å²) in [6.45, 7) is 0. The predicted molar refractivity (Wildman–Crippen MR) is 493 cm³/mol. The summed E-state index contributed by atoms with van der Waals surface area (Å²) in [7, 11) is 0. The Kier molecular flexibility index (Phi) is 23.8. The summed E-state index contributed by atoms with van der Waals surface area (Å²) in [5.41, 5.74) is 17.3. The number of phenolic OH excluding ortho intramolecular Hbond substituents is 8. The largest absolute Gasteiger partial charge is 0.507 e. The molecule has 12 heterocycles. The summed E-state index contributed by atoms with van der Waals surface area (Å²) in [5, 5.41) is 97.2. The van der Waals surface area contributed by atoms with Gasteiger partial charge in [-0.1, -0.05) is 194 Å². The maximum atomic E-state index is 11.6. The minimum Gasteiger partial charge on any atom is -0.507 e. The van der Waals surface area contributed by atoms with Crippen LogP contribution in [0.1, 0.15) is 56.9 Å². The number of hydrogen-bond acceptors (Lipinski definition) is 20. The van der Waals surface area contributed by atoms with Crippen molar-refractivity contribution < 1.29 is 125 Å². The van der Waals surface area contributed by atoms with Crippen molar-refractivity contribution in [2.75, 3.05) is 0 Å². The van der Waals surface area contributed by atoms with Crippen molar-refractivity contribution in [1.82, 2.24) is 49.8 Å². The SMILES string of the molecule is Oc1c2cccc1c(-c1ccccc1)c1nc(c3cccc(c(-c4ccccc4)c4nc2C=C4)c3O)C=C1.Oc1c2cccc1c1nc(cc3cccc(c4nc(c2)-c2ccccc2-4)c3O)-c2ccccc2-1.Oc1c2cccc1c1nc(cc3cccc(c4nc(c2)C=C4)c3O)C=C1.Oc1c2cccc1c1nc(nc3cccc(c4nc(n2)N=C4)c3O)N=C1.[Pt].[Pt].[Pt].[Pt]. The minimum atomic E-state index is -0.0382. The maximum Gasteiger partial charge on any atom is 0.250 e. The molecule has 24 rings (SSSR count). The van der Waals surface area contributed by atoms with Crippen molar-refractivity contribution in [3.05, 3.63) is 336 Å². The van der Waals surface area contributed by atoms with Crippen LogP contribution in [0.25, 0.3) is 202 Å². The van der Waals surface area contributed by atoms with Crippen LogP contribution in [-0.4, -0.2) is 103 Å². The summed E-state index contributed by atoms with van der Waals surface area (Å²) < 4.78 is 0. The molecule has 0 saturated carbocycles. The molecule has 20 nitrogen and oxygen atoms in total. The van der Waals surface area contributed by atoms with Crippen LogP contribution in [0.5, 0.6) is 46.0 Å². The number of rotatable bonds is 2. The molecule has 128 heavy (non-hydrogen) atoms. The Morgan fingerprint density at radius 3 is 0.891 bits per heavy atom. The Morgan fingerprint density at radius 1 is 0.195 bits per heavy atom. The Morgan fingerprint density at radius 2 is 0.492 bits per heavy atom. The van der Waals surface area contributed by atoms with Crippen LogP contribution in [0.15, 0.2) is 289 Å². The summed E-state index contributed by atoms with van der Waals surface area (Å²) in [6.07, 6.45) is 18.2. The normalized spacial score (nSPS) is 11.9. The zero-order valence-corrected chi connectivity index (χ0v) is 75.6. The van der Waals surface area contributed by atoms with Crippen LogP contribution >= 0.6 is 0 Å². The van der Waals surface area contributed by atoms with Gasteiger partial charge in [-0.2, -0.15) is 0 Å². The fourth-order valence-corrected chi connectivity index (χ4v) is 16.4. The molecule has 8 aliphatic rings. The summed E-state index contributed by atoms with van der Waals surface area (Å²) in [4.78, 5) is 54.5. The van der Waals surface area contributed by atoms with E-state index in [1.54, 1.807) is 36.4 Å². The first kappa shape index (κ1) is 85.4. The van der Waals surface area contributed by atoms with E-state index in [1.807, 2.05) is 291 Å². The second-order valence-corrected chi connectivity index (χ2v) is 29.8. The van der Waals surface area contributed by atoms with Crippen molar-refractivity contribution in [3.8, 4) is 113 Å². The van der Waals surface area contributed by atoms with E-state index in [1.165, 1.54) is 12.4 Å². The quantitative estimate of drug-likeness (QED) is 0.0797. The number of phenols is 8. The third-order valence-corrected chi connectivity index (χ3v) is 22.4. The van der Waals surface area contributed by atoms with Crippen LogP contribution in [0.3, 0.4) is 0 Å². The van der Waals surface area contributed by atoms with Crippen LogP contribution in [-0.2, 0) is 84.3 Å². The maximum absolute atomic E-state index is 11.6. The Hall–Kier alpha value is -14.8. The number of nitrogens with zero attached hydrogens (tertiary/aromatic N) is 12.